The molecule has 6 nitrogen and oxygen atoms in total. The third-order valence-electron chi connectivity index (χ3n) is 6.34. The van der Waals surface area contributed by atoms with Gasteiger partial charge in [0.25, 0.3) is 5.91 Å². The highest BCUT2D eigenvalue weighted by molar-refractivity contribution is 9.10. The molecule has 0 spiro atoms. The first-order valence-electron chi connectivity index (χ1n) is 12.0. The number of ether oxygens (including phenoxy) is 2. The number of amides is 1. The van der Waals surface area contributed by atoms with Crippen LogP contribution >= 0.6 is 15.9 Å². The SMILES string of the molecule is CCOc1ccc(C2c3c(oc4ccc(Br)cc4c3=O)C(=O)N2c2ccc(CC)cc2)cc1OCC. The Labute approximate surface area is 217 Å². The molecule has 7 heteroatoms. The molecule has 0 radical (unpaired) electrons. The van der Waals surface area contributed by atoms with Crippen LogP contribution in [0, 0.1) is 0 Å². The Morgan fingerprint density at radius 3 is 2.31 bits per heavy atom. The maximum absolute atomic E-state index is 13.8. The number of hydrogen-bond acceptors (Lipinski definition) is 5. The van der Waals surface area contributed by atoms with Gasteiger partial charge in [-0.05, 0) is 73.9 Å². The fourth-order valence-corrected chi connectivity index (χ4v) is 5.02. The van der Waals surface area contributed by atoms with Gasteiger partial charge in [0.15, 0.2) is 16.9 Å². The smallest absolute Gasteiger partial charge is 0.295 e. The zero-order valence-electron chi connectivity index (χ0n) is 20.3. The van der Waals surface area contributed by atoms with E-state index in [2.05, 4.69) is 22.9 Å². The largest absolute Gasteiger partial charge is 0.490 e. The Kier molecular flexibility index (Phi) is 6.58. The number of halogens is 1. The zero-order valence-corrected chi connectivity index (χ0v) is 21.9. The summed E-state index contributed by atoms with van der Waals surface area (Å²) < 4.78 is 18.4. The van der Waals surface area contributed by atoms with Crippen LogP contribution in [0.15, 0.2) is 74.3 Å². The molecule has 1 unspecified atom stereocenters. The second-order valence-electron chi connectivity index (χ2n) is 8.48. The number of carbonyl (C=O) groups excluding carboxylic acids is 1. The van der Waals surface area contributed by atoms with E-state index < -0.39 is 6.04 Å². The molecule has 1 aromatic heterocycles. The van der Waals surface area contributed by atoms with E-state index in [1.54, 1.807) is 23.1 Å². The number of benzene rings is 3. The summed E-state index contributed by atoms with van der Waals surface area (Å²) in [4.78, 5) is 29.3. The molecule has 0 N–H and O–H groups in total. The maximum atomic E-state index is 13.8. The summed E-state index contributed by atoms with van der Waals surface area (Å²) in [7, 11) is 0. The number of hydrogen-bond donors (Lipinski definition) is 0. The lowest BCUT2D eigenvalue weighted by molar-refractivity contribution is 0.0971. The molecule has 1 aliphatic rings. The van der Waals surface area contributed by atoms with Crippen molar-refractivity contribution in [2.45, 2.75) is 33.2 Å². The number of carbonyl (C=O) groups is 1. The van der Waals surface area contributed by atoms with Crippen molar-refractivity contribution in [3.63, 3.8) is 0 Å². The first-order chi connectivity index (χ1) is 17.5. The summed E-state index contributed by atoms with van der Waals surface area (Å²) in [6, 6.07) is 17.9. The molecule has 1 aliphatic heterocycles. The van der Waals surface area contributed by atoms with Crippen LogP contribution in [0.3, 0.4) is 0 Å². The van der Waals surface area contributed by atoms with Crippen LogP contribution in [0.25, 0.3) is 11.0 Å². The van der Waals surface area contributed by atoms with Crippen LogP contribution in [0.2, 0.25) is 0 Å². The van der Waals surface area contributed by atoms with Gasteiger partial charge in [0.2, 0.25) is 5.76 Å². The normalized spacial score (nSPS) is 14.8. The van der Waals surface area contributed by atoms with E-state index in [9.17, 15) is 9.59 Å². The lowest BCUT2D eigenvalue weighted by atomic mass is 9.97. The van der Waals surface area contributed by atoms with Gasteiger partial charge in [0.05, 0.1) is 30.2 Å². The lowest BCUT2D eigenvalue weighted by Crippen LogP contribution is -2.29. The summed E-state index contributed by atoms with van der Waals surface area (Å²) in [5.41, 5.74) is 3.03. The average Bonchev–Trinajstić information content (AvgIpc) is 3.18. The van der Waals surface area contributed by atoms with Crippen LogP contribution in [0.1, 0.15) is 54.1 Å². The van der Waals surface area contributed by atoms with E-state index in [1.807, 2.05) is 56.3 Å². The highest BCUT2D eigenvalue weighted by Gasteiger charge is 2.44. The predicted octanol–water partition coefficient (Wildman–Crippen LogP) is 6.67. The molecule has 0 fully saturated rings. The molecular weight excluding hydrogens is 522 g/mol. The van der Waals surface area contributed by atoms with Crippen LogP contribution in [0.4, 0.5) is 5.69 Å². The summed E-state index contributed by atoms with van der Waals surface area (Å²) in [6.45, 7) is 6.83. The minimum absolute atomic E-state index is 0.0613. The van der Waals surface area contributed by atoms with Gasteiger partial charge in [-0.2, -0.15) is 0 Å². The second-order valence-corrected chi connectivity index (χ2v) is 9.40. The van der Waals surface area contributed by atoms with Gasteiger partial charge in [0.1, 0.15) is 5.58 Å². The molecule has 0 bridgehead atoms. The molecule has 3 aromatic carbocycles. The third-order valence-corrected chi connectivity index (χ3v) is 6.83. The first kappa shape index (κ1) is 24.1. The van der Waals surface area contributed by atoms with E-state index in [1.165, 1.54) is 0 Å². The highest BCUT2D eigenvalue weighted by atomic mass is 79.9. The molecule has 1 amide bonds. The van der Waals surface area contributed by atoms with Crippen molar-refractivity contribution in [1.82, 2.24) is 0 Å². The maximum Gasteiger partial charge on any atom is 0.295 e. The van der Waals surface area contributed by atoms with Crippen molar-refractivity contribution in [2.24, 2.45) is 0 Å². The third kappa shape index (κ3) is 4.07. The lowest BCUT2D eigenvalue weighted by Gasteiger charge is -2.26. The summed E-state index contributed by atoms with van der Waals surface area (Å²) in [5.74, 6) is 0.882. The van der Waals surface area contributed by atoms with E-state index in [-0.39, 0.29) is 17.1 Å². The number of rotatable bonds is 7. The van der Waals surface area contributed by atoms with Crippen LogP contribution in [0.5, 0.6) is 11.5 Å². The Morgan fingerprint density at radius 1 is 0.889 bits per heavy atom. The summed E-state index contributed by atoms with van der Waals surface area (Å²) in [6.07, 6.45) is 0.884. The Bertz CT molecular complexity index is 1510. The van der Waals surface area contributed by atoms with Crippen molar-refractivity contribution in [1.29, 1.82) is 0 Å². The number of fused-ring (bicyclic) bond motifs is 2. The van der Waals surface area contributed by atoms with Crippen molar-refractivity contribution < 1.29 is 18.7 Å². The van der Waals surface area contributed by atoms with Gasteiger partial charge in [-0.1, -0.05) is 41.1 Å². The number of nitrogens with zero attached hydrogens (tertiary/aromatic N) is 1. The molecule has 0 saturated heterocycles. The minimum Gasteiger partial charge on any atom is -0.490 e. The molecule has 5 rings (SSSR count). The summed E-state index contributed by atoms with van der Waals surface area (Å²) in [5, 5.41) is 0.417. The Morgan fingerprint density at radius 2 is 1.61 bits per heavy atom. The molecule has 2 heterocycles. The predicted molar refractivity (Wildman–Crippen MR) is 143 cm³/mol. The van der Waals surface area contributed by atoms with Crippen molar-refractivity contribution in [2.75, 3.05) is 18.1 Å². The first-order valence-corrected chi connectivity index (χ1v) is 12.8. The minimum atomic E-state index is -0.686. The zero-order chi connectivity index (χ0) is 25.4. The van der Waals surface area contributed by atoms with Gasteiger partial charge in [0, 0.05) is 10.2 Å². The van der Waals surface area contributed by atoms with Crippen LogP contribution in [-0.4, -0.2) is 19.1 Å². The Balaban J connectivity index is 1.76. The average molecular weight is 548 g/mol. The molecule has 0 saturated carbocycles. The molecule has 36 heavy (non-hydrogen) atoms. The van der Waals surface area contributed by atoms with E-state index >= 15 is 0 Å². The molecule has 4 aromatic rings. The highest BCUT2D eigenvalue weighted by Crippen LogP contribution is 2.43. The van der Waals surface area contributed by atoms with Gasteiger partial charge >= 0.3 is 0 Å². The van der Waals surface area contributed by atoms with E-state index in [0.717, 1.165) is 22.0 Å². The van der Waals surface area contributed by atoms with Crippen LogP contribution < -0.4 is 19.8 Å². The van der Waals surface area contributed by atoms with Gasteiger partial charge in [-0.3, -0.25) is 14.5 Å². The van der Waals surface area contributed by atoms with Crippen molar-refractivity contribution in [3.8, 4) is 11.5 Å². The van der Waals surface area contributed by atoms with Gasteiger partial charge < -0.3 is 13.9 Å². The van der Waals surface area contributed by atoms with Crippen molar-refractivity contribution in [3.05, 3.63) is 97.8 Å². The summed E-state index contributed by atoms with van der Waals surface area (Å²) >= 11 is 3.44. The number of aryl methyl sites for hydroxylation is 1. The van der Waals surface area contributed by atoms with E-state index in [0.29, 0.717) is 46.9 Å². The molecule has 1 atom stereocenters. The quantitative estimate of drug-likeness (QED) is 0.258. The topological polar surface area (TPSA) is 69.0 Å². The second kappa shape index (κ2) is 9.82. The molecular formula is C29H26BrNO5. The standard InChI is InChI=1S/C29H26BrNO5/c1-4-17-7-11-20(12-8-17)31-26(18-9-13-23(34-5-2)24(15-18)35-6-3)25-27(32)21-16-19(30)10-14-22(21)36-28(25)29(31)33/h7-16,26H,4-6H2,1-3H3. The Hall–Kier alpha value is -3.58. The fraction of sp³-hybridized carbons (Fsp3) is 0.241. The van der Waals surface area contributed by atoms with Gasteiger partial charge in [-0.25, -0.2) is 0 Å². The van der Waals surface area contributed by atoms with Crippen LogP contribution in [-0.2, 0) is 6.42 Å². The molecule has 0 aliphatic carbocycles. The molecule has 184 valence electrons. The fourth-order valence-electron chi connectivity index (χ4n) is 4.66. The van der Waals surface area contributed by atoms with Gasteiger partial charge in [-0.15, -0.1) is 0 Å². The van der Waals surface area contributed by atoms with E-state index in [4.69, 9.17) is 13.9 Å². The monoisotopic (exact) mass is 547 g/mol. The number of anilines is 1. The van der Waals surface area contributed by atoms with Crippen molar-refractivity contribution >= 4 is 38.5 Å².